The maximum atomic E-state index is 5.37. The van der Waals surface area contributed by atoms with E-state index in [1.54, 1.807) is 0 Å². The molecular formula is C14H10Br2O2. The first kappa shape index (κ1) is 13.2. The summed E-state index contributed by atoms with van der Waals surface area (Å²) >= 11 is 6.72. The third kappa shape index (κ3) is 4.20. The van der Waals surface area contributed by atoms with Crippen molar-refractivity contribution in [3.05, 3.63) is 70.0 Å². The molecule has 0 spiro atoms. The molecule has 0 aliphatic carbocycles. The van der Waals surface area contributed by atoms with Crippen LogP contribution in [-0.4, -0.2) is 0 Å². The second kappa shape index (κ2) is 6.61. The van der Waals surface area contributed by atoms with Crippen molar-refractivity contribution < 1.29 is 9.47 Å². The van der Waals surface area contributed by atoms with E-state index in [4.69, 9.17) is 9.47 Å². The molecule has 0 aromatic heterocycles. The molecule has 18 heavy (non-hydrogen) atoms. The van der Waals surface area contributed by atoms with E-state index >= 15 is 0 Å². The van der Waals surface area contributed by atoms with Gasteiger partial charge in [0, 0.05) is 8.95 Å². The Labute approximate surface area is 122 Å². The van der Waals surface area contributed by atoms with Gasteiger partial charge >= 0.3 is 0 Å². The highest BCUT2D eigenvalue weighted by molar-refractivity contribution is 9.10. The Morgan fingerprint density at radius 1 is 0.611 bits per heavy atom. The van der Waals surface area contributed by atoms with Gasteiger partial charge in [-0.2, -0.15) is 0 Å². The SMILES string of the molecule is Brc1ccc(O/C=C\Oc2ccc(Br)cc2)cc1. The van der Waals surface area contributed by atoms with Gasteiger partial charge in [-0.25, -0.2) is 0 Å². The predicted molar refractivity (Wildman–Crippen MR) is 78.7 cm³/mol. The summed E-state index contributed by atoms with van der Waals surface area (Å²) < 4.78 is 12.8. The lowest BCUT2D eigenvalue weighted by molar-refractivity contribution is 0.422. The van der Waals surface area contributed by atoms with Crippen molar-refractivity contribution in [2.75, 3.05) is 0 Å². The Morgan fingerprint density at radius 3 is 1.28 bits per heavy atom. The molecule has 0 amide bonds. The first-order chi connectivity index (χ1) is 8.74. The molecule has 0 radical (unpaired) electrons. The van der Waals surface area contributed by atoms with Crippen LogP contribution in [0.2, 0.25) is 0 Å². The smallest absolute Gasteiger partial charge is 0.126 e. The van der Waals surface area contributed by atoms with Crippen LogP contribution in [0.3, 0.4) is 0 Å². The summed E-state index contributed by atoms with van der Waals surface area (Å²) in [6, 6.07) is 15.1. The Balaban J connectivity index is 1.85. The standard InChI is InChI=1S/C14H10Br2O2/c15-11-1-5-13(6-2-11)17-9-10-18-14-7-3-12(16)4-8-14/h1-10H/b10-9-. The second-order valence-electron chi connectivity index (χ2n) is 3.42. The molecule has 0 saturated carbocycles. The average Bonchev–Trinajstić information content (AvgIpc) is 2.39. The largest absolute Gasteiger partial charge is 0.462 e. The topological polar surface area (TPSA) is 18.5 Å². The van der Waals surface area contributed by atoms with Crippen molar-refractivity contribution in [1.82, 2.24) is 0 Å². The highest BCUT2D eigenvalue weighted by Gasteiger charge is 1.92. The summed E-state index contributed by atoms with van der Waals surface area (Å²) in [4.78, 5) is 0. The van der Waals surface area contributed by atoms with Crippen molar-refractivity contribution >= 4 is 31.9 Å². The molecule has 0 unspecified atom stereocenters. The number of hydrogen-bond acceptors (Lipinski definition) is 2. The van der Waals surface area contributed by atoms with Gasteiger partial charge < -0.3 is 9.47 Å². The van der Waals surface area contributed by atoms with Crippen LogP contribution in [0.15, 0.2) is 70.0 Å². The second-order valence-corrected chi connectivity index (χ2v) is 5.25. The summed E-state index contributed by atoms with van der Waals surface area (Å²) in [5, 5.41) is 0. The molecule has 0 fully saturated rings. The fourth-order valence-electron chi connectivity index (χ4n) is 1.24. The van der Waals surface area contributed by atoms with E-state index in [1.807, 2.05) is 48.5 Å². The van der Waals surface area contributed by atoms with Gasteiger partial charge in [-0.3, -0.25) is 0 Å². The maximum Gasteiger partial charge on any atom is 0.126 e. The van der Waals surface area contributed by atoms with Crippen molar-refractivity contribution in [2.45, 2.75) is 0 Å². The normalized spacial score (nSPS) is 10.6. The molecule has 0 heterocycles. The zero-order chi connectivity index (χ0) is 12.8. The van der Waals surface area contributed by atoms with Gasteiger partial charge in [0.15, 0.2) is 0 Å². The van der Waals surface area contributed by atoms with Crippen molar-refractivity contribution in [3.63, 3.8) is 0 Å². The van der Waals surface area contributed by atoms with Gasteiger partial charge in [0.1, 0.15) is 24.0 Å². The molecule has 2 nitrogen and oxygen atoms in total. The molecule has 4 heteroatoms. The van der Waals surface area contributed by atoms with Crippen LogP contribution in [0.1, 0.15) is 0 Å². The lowest BCUT2D eigenvalue weighted by atomic mass is 10.3. The van der Waals surface area contributed by atoms with Crippen molar-refractivity contribution in [3.8, 4) is 11.5 Å². The minimum atomic E-state index is 0.758. The number of rotatable bonds is 4. The van der Waals surface area contributed by atoms with E-state index in [2.05, 4.69) is 31.9 Å². The number of ether oxygens (including phenoxy) is 2. The first-order valence-electron chi connectivity index (χ1n) is 5.23. The van der Waals surface area contributed by atoms with E-state index < -0.39 is 0 Å². The summed E-state index contributed by atoms with van der Waals surface area (Å²) in [7, 11) is 0. The number of benzene rings is 2. The zero-order valence-electron chi connectivity index (χ0n) is 9.35. The predicted octanol–water partition coefficient (Wildman–Crippen LogP) is 5.14. The monoisotopic (exact) mass is 368 g/mol. The molecule has 0 atom stereocenters. The van der Waals surface area contributed by atoms with E-state index in [1.165, 1.54) is 12.5 Å². The fourth-order valence-corrected chi connectivity index (χ4v) is 1.77. The van der Waals surface area contributed by atoms with Crippen LogP contribution in [0.4, 0.5) is 0 Å². The number of halogens is 2. The molecule has 0 bridgehead atoms. The lowest BCUT2D eigenvalue weighted by Crippen LogP contribution is -1.86. The van der Waals surface area contributed by atoms with Crippen LogP contribution in [0.5, 0.6) is 11.5 Å². The van der Waals surface area contributed by atoms with Gasteiger partial charge in [-0.05, 0) is 48.5 Å². The summed E-state index contributed by atoms with van der Waals surface area (Å²) in [6.07, 6.45) is 3.01. The Hall–Kier alpha value is -1.26. The molecule has 2 aromatic rings. The van der Waals surface area contributed by atoms with E-state index in [0.717, 1.165) is 20.4 Å². The molecule has 0 saturated heterocycles. The van der Waals surface area contributed by atoms with Crippen molar-refractivity contribution in [2.24, 2.45) is 0 Å². The van der Waals surface area contributed by atoms with E-state index in [-0.39, 0.29) is 0 Å². The molecule has 0 aliphatic rings. The Kier molecular flexibility index (Phi) is 4.84. The van der Waals surface area contributed by atoms with Gasteiger partial charge in [-0.1, -0.05) is 31.9 Å². The van der Waals surface area contributed by atoms with Gasteiger partial charge in [0.25, 0.3) is 0 Å². The minimum Gasteiger partial charge on any atom is -0.462 e. The molecular weight excluding hydrogens is 360 g/mol. The van der Waals surface area contributed by atoms with Gasteiger partial charge in [0.05, 0.1) is 0 Å². The molecule has 92 valence electrons. The van der Waals surface area contributed by atoms with Crippen LogP contribution < -0.4 is 9.47 Å². The van der Waals surface area contributed by atoms with Gasteiger partial charge in [-0.15, -0.1) is 0 Å². The van der Waals surface area contributed by atoms with Gasteiger partial charge in [0.2, 0.25) is 0 Å². The van der Waals surface area contributed by atoms with Crippen LogP contribution >= 0.6 is 31.9 Å². The maximum absolute atomic E-state index is 5.37. The molecule has 0 aliphatic heterocycles. The molecule has 0 N–H and O–H groups in total. The van der Waals surface area contributed by atoms with Crippen molar-refractivity contribution in [1.29, 1.82) is 0 Å². The summed E-state index contributed by atoms with van der Waals surface area (Å²) in [5.41, 5.74) is 0. The lowest BCUT2D eigenvalue weighted by Gasteiger charge is -2.01. The Bertz CT molecular complexity index is 469. The summed E-state index contributed by atoms with van der Waals surface area (Å²) in [6.45, 7) is 0. The van der Waals surface area contributed by atoms with Crippen LogP contribution in [-0.2, 0) is 0 Å². The van der Waals surface area contributed by atoms with Crippen LogP contribution in [0.25, 0.3) is 0 Å². The Morgan fingerprint density at radius 2 is 0.944 bits per heavy atom. The van der Waals surface area contributed by atoms with Crippen LogP contribution in [0, 0.1) is 0 Å². The molecule has 2 aromatic carbocycles. The van der Waals surface area contributed by atoms with E-state index in [9.17, 15) is 0 Å². The first-order valence-corrected chi connectivity index (χ1v) is 6.82. The number of hydrogen-bond donors (Lipinski definition) is 0. The summed E-state index contributed by atoms with van der Waals surface area (Å²) in [5.74, 6) is 1.52. The highest BCUT2D eigenvalue weighted by Crippen LogP contribution is 2.17. The third-order valence-corrected chi connectivity index (χ3v) is 3.15. The van der Waals surface area contributed by atoms with E-state index in [0.29, 0.717) is 0 Å². The minimum absolute atomic E-state index is 0.758. The quantitative estimate of drug-likeness (QED) is 0.694. The molecule has 2 rings (SSSR count). The highest BCUT2D eigenvalue weighted by atomic mass is 79.9. The zero-order valence-corrected chi connectivity index (χ0v) is 12.5. The third-order valence-electron chi connectivity index (χ3n) is 2.09. The average molecular weight is 370 g/mol. The fraction of sp³-hybridized carbons (Fsp3) is 0.